The zero-order valence-electron chi connectivity index (χ0n) is 17.5. The maximum absolute atomic E-state index is 14.6. The Morgan fingerprint density at radius 3 is 2.67 bits per heavy atom. The molecule has 4 aromatic rings. The van der Waals surface area contributed by atoms with Crippen molar-refractivity contribution in [2.45, 2.75) is 31.8 Å². The van der Waals surface area contributed by atoms with Crippen molar-refractivity contribution in [1.82, 2.24) is 29.8 Å². The van der Waals surface area contributed by atoms with E-state index in [9.17, 15) is 13.9 Å². The van der Waals surface area contributed by atoms with Gasteiger partial charge < -0.3 is 9.84 Å². The Balaban J connectivity index is 1.53. The van der Waals surface area contributed by atoms with Gasteiger partial charge in [-0.2, -0.15) is 10.4 Å². The van der Waals surface area contributed by atoms with Crippen LogP contribution in [0.25, 0.3) is 5.69 Å². The summed E-state index contributed by atoms with van der Waals surface area (Å²) in [4.78, 5) is 3.84. The second-order valence-electron chi connectivity index (χ2n) is 7.41. The Morgan fingerprint density at radius 1 is 1.21 bits per heavy atom. The number of aliphatic hydroxyl groups is 1. The molecule has 0 aliphatic rings. The Labute approximate surface area is 187 Å². The lowest BCUT2D eigenvalue weighted by molar-refractivity contribution is -0.124. The standard InChI is InChI=1S/C22H19F2N7O2/c1-15(33-11-18-10-31(29-28-18)19-5-2-16(9-25)3-6-19)22(32,12-30-14-26-13-27-30)20-7-4-17(23)8-21(20)24/h2-8,10,13-15,32H,11-12H2,1H3/t15-,22-/m1/s1. The van der Waals surface area contributed by atoms with Crippen LogP contribution in [0.2, 0.25) is 0 Å². The summed E-state index contributed by atoms with van der Waals surface area (Å²) in [6, 6.07) is 11.8. The van der Waals surface area contributed by atoms with Gasteiger partial charge in [0.2, 0.25) is 0 Å². The van der Waals surface area contributed by atoms with Gasteiger partial charge in [-0.05, 0) is 37.3 Å². The molecule has 0 aliphatic carbocycles. The van der Waals surface area contributed by atoms with Crippen molar-refractivity contribution in [2.24, 2.45) is 0 Å². The molecule has 2 aromatic carbocycles. The van der Waals surface area contributed by atoms with Crippen LogP contribution in [-0.2, 0) is 23.5 Å². The monoisotopic (exact) mass is 451 g/mol. The van der Waals surface area contributed by atoms with Crippen molar-refractivity contribution in [2.75, 3.05) is 0 Å². The van der Waals surface area contributed by atoms with Crippen LogP contribution in [0.1, 0.15) is 23.7 Å². The van der Waals surface area contributed by atoms with Gasteiger partial charge in [-0.3, -0.25) is 0 Å². The molecule has 2 atom stereocenters. The smallest absolute Gasteiger partial charge is 0.138 e. The van der Waals surface area contributed by atoms with Gasteiger partial charge in [-0.25, -0.2) is 23.1 Å². The summed E-state index contributed by atoms with van der Waals surface area (Å²) in [5.74, 6) is -1.66. The number of halogens is 2. The van der Waals surface area contributed by atoms with Crippen molar-refractivity contribution < 1.29 is 18.6 Å². The lowest BCUT2D eigenvalue weighted by atomic mass is 9.88. The van der Waals surface area contributed by atoms with Crippen LogP contribution in [0.15, 0.2) is 61.3 Å². The Bertz CT molecular complexity index is 1270. The average Bonchev–Trinajstić information content (AvgIpc) is 3.49. The normalized spacial score (nSPS) is 13.9. The van der Waals surface area contributed by atoms with E-state index in [0.29, 0.717) is 23.0 Å². The zero-order chi connectivity index (χ0) is 23.4. The minimum atomic E-state index is -1.88. The first-order valence-electron chi connectivity index (χ1n) is 9.93. The molecule has 9 nitrogen and oxygen atoms in total. The van der Waals surface area contributed by atoms with E-state index in [4.69, 9.17) is 10.00 Å². The number of rotatable bonds is 8. The molecular formula is C22H19F2N7O2. The first-order valence-corrected chi connectivity index (χ1v) is 9.93. The fourth-order valence-corrected chi connectivity index (χ4v) is 3.36. The van der Waals surface area contributed by atoms with Gasteiger partial charge in [-0.1, -0.05) is 11.3 Å². The lowest BCUT2D eigenvalue weighted by Crippen LogP contribution is -2.44. The highest BCUT2D eigenvalue weighted by atomic mass is 19.1. The van der Waals surface area contributed by atoms with Crippen LogP contribution in [0.5, 0.6) is 0 Å². The van der Waals surface area contributed by atoms with Crippen LogP contribution in [0.3, 0.4) is 0 Å². The summed E-state index contributed by atoms with van der Waals surface area (Å²) in [6.07, 6.45) is 3.36. The van der Waals surface area contributed by atoms with E-state index in [0.717, 1.165) is 6.07 Å². The fraction of sp³-hybridized carbons (Fsp3) is 0.227. The molecule has 0 aliphatic heterocycles. The van der Waals surface area contributed by atoms with Crippen molar-refractivity contribution in [1.29, 1.82) is 5.26 Å². The molecule has 0 saturated heterocycles. The predicted octanol–water partition coefficient (Wildman–Crippen LogP) is 2.50. The van der Waals surface area contributed by atoms with Crippen molar-refractivity contribution >= 4 is 0 Å². The van der Waals surface area contributed by atoms with Gasteiger partial charge in [-0.15, -0.1) is 5.10 Å². The lowest BCUT2D eigenvalue weighted by Gasteiger charge is -2.34. The molecule has 4 rings (SSSR count). The van der Waals surface area contributed by atoms with Crippen molar-refractivity contribution in [3.8, 4) is 11.8 Å². The number of benzene rings is 2. The molecule has 0 saturated carbocycles. The molecule has 0 amide bonds. The second kappa shape index (κ2) is 9.23. The molecule has 2 aromatic heterocycles. The van der Waals surface area contributed by atoms with Crippen LogP contribution in [0.4, 0.5) is 8.78 Å². The molecule has 0 bridgehead atoms. The molecule has 0 fully saturated rings. The predicted molar refractivity (Wildman–Crippen MR) is 111 cm³/mol. The maximum atomic E-state index is 14.6. The molecule has 0 radical (unpaired) electrons. The average molecular weight is 451 g/mol. The van der Waals surface area contributed by atoms with Crippen LogP contribution >= 0.6 is 0 Å². The molecule has 2 heterocycles. The third-order valence-corrected chi connectivity index (χ3v) is 5.22. The van der Waals surface area contributed by atoms with E-state index in [1.54, 1.807) is 37.4 Å². The number of hydrogen-bond acceptors (Lipinski definition) is 7. The van der Waals surface area contributed by atoms with E-state index in [-0.39, 0.29) is 18.7 Å². The summed E-state index contributed by atoms with van der Waals surface area (Å²) in [7, 11) is 0. The quantitative estimate of drug-likeness (QED) is 0.438. The minimum Gasteiger partial charge on any atom is -0.380 e. The zero-order valence-corrected chi connectivity index (χ0v) is 17.5. The Kier molecular flexibility index (Phi) is 6.21. The number of hydrogen-bond donors (Lipinski definition) is 1. The highest BCUT2D eigenvalue weighted by molar-refractivity contribution is 5.38. The topological polar surface area (TPSA) is 115 Å². The number of nitrogens with zero attached hydrogens (tertiary/aromatic N) is 7. The molecule has 33 heavy (non-hydrogen) atoms. The van der Waals surface area contributed by atoms with Gasteiger partial charge in [0, 0.05) is 11.6 Å². The number of ether oxygens (including phenoxy) is 1. The molecular weight excluding hydrogens is 432 g/mol. The minimum absolute atomic E-state index is 0.0279. The maximum Gasteiger partial charge on any atom is 0.138 e. The summed E-state index contributed by atoms with van der Waals surface area (Å²) >= 11 is 0. The summed E-state index contributed by atoms with van der Waals surface area (Å²) in [5, 5.41) is 32.4. The van der Waals surface area contributed by atoms with Crippen molar-refractivity contribution in [3.05, 3.63) is 89.8 Å². The molecule has 0 unspecified atom stereocenters. The molecule has 1 N–H and O–H groups in total. The summed E-state index contributed by atoms with van der Waals surface area (Å²) < 4.78 is 36.7. The first kappa shape index (κ1) is 22.2. The third kappa shape index (κ3) is 4.77. The van der Waals surface area contributed by atoms with E-state index in [1.807, 2.05) is 6.07 Å². The number of aromatic nitrogens is 6. The van der Waals surface area contributed by atoms with E-state index in [2.05, 4.69) is 20.4 Å². The first-order chi connectivity index (χ1) is 15.9. The van der Waals surface area contributed by atoms with Crippen LogP contribution < -0.4 is 0 Å². The van der Waals surface area contributed by atoms with E-state index in [1.165, 1.54) is 28.1 Å². The van der Waals surface area contributed by atoms with Crippen LogP contribution in [0, 0.1) is 23.0 Å². The SMILES string of the molecule is C[C@@H](OCc1cn(-c2ccc(C#N)cc2)nn1)[C@](O)(Cn1cncn1)c1ccc(F)cc1F. The van der Waals surface area contributed by atoms with E-state index < -0.39 is 23.3 Å². The van der Waals surface area contributed by atoms with E-state index >= 15 is 0 Å². The fourth-order valence-electron chi connectivity index (χ4n) is 3.36. The second-order valence-corrected chi connectivity index (χ2v) is 7.41. The van der Waals surface area contributed by atoms with Crippen molar-refractivity contribution in [3.63, 3.8) is 0 Å². The Hall–Kier alpha value is -4.01. The van der Waals surface area contributed by atoms with Crippen LogP contribution in [-0.4, -0.2) is 41.0 Å². The number of nitriles is 1. The molecule has 0 spiro atoms. The molecule has 168 valence electrons. The van der Waals surface area contributed by atoms with Gasteiger partial charge in [0.15, 0.2) is 0 Å². The highest BCUT2D eigenvalue weighted by Crippen LogP contribution is 2.32. The van der Waals surface area contributed by atoms with Gasteiger partial charge >= 0.3 is 0 Å². The van der Waals surface area contributed by atoms with Gasteiger partial charge in [0.1, 0.15) is 35.6 Å². The summed E-state index contributed by atoms with van der Waals surface area (Å²) in [6.45, 7) is 1.37. The highest BCUT2D eigenvalue weighted by Gasteiger charge is 2.40. The Morgan fingerprint density at radius 2 is 2.00 bits per heavy atom. The third-order valence-electron chi connectivity index (χ3n) is 5.22. The largest absolute Gasteiger partial charge is 0.380 e. The molecule has 11 heteroatoms. The summed E-state index contributed by atoms with van der Waals surface area (Å²) in [5.41, 5.74) is -0.316. The van der Waals surface area contributed by atoms with Gasteiger partial charge in [0.05, 0.1) is 42.8 Å². The van der Waals surface area contributed by atoms with Gasteiger partial charge in [0.25, 0.3) is 0 Å².